The second-order valence-electron chi connectivity index (χ2n) is 11.0. The topological polar surface area (TPSA) is 152 Å². The van der Waals surface area contributed by atoms with Crippen LogP contribution >= 0.6 is 23.2 Å². The van der Waals surface area contributed by atoms with Gasteiger partial charge in [-0.1, -0.05) is 54.6 Å². The van der Waals surface area contributed by atoms with E-state index in [0.29, 0.717) is 10.0 Å². The van der Waals surface area contributed by atoms with E-state index in [9.17, 15) is 24.0 Å². The van der Waals surface area contributed by atoms with Crippen molar-refractivity contribution >= 4 is 64.8 Å². The standard InChI is InChI=1S/C36H30Cl2N4O7/c37-25-15-10-22(11-16-25)35(46)48-28-19-14-24(31(20-28)49-36(47)23-12-17-26(38)18-13-23)21-39-42-34(45)33(44)41-30-9-5-4-8-29(30)32(43)40-27-6-2-1-3-7-27/h4-5,8-21,27H,1-3,6-7H2,(H,40,43)(H,41,44)(H,42,45)/b39-21-. The molecule has 250 valence electrons. The molecule has 0 spiro atoms. The number of hydrogen-bond donors (Lipinski definition) is 3. The lowest BCUT2D eigenvalue weighted by molar-refractivity contribution is -0.136. The number of nitrogens with zero attached hydrogens (tertiary/aromatic N) is 1. The molecule has 3 amide bonds. The first-order valence-corrected chi connectivity index (χ1v) is 16.1. The third kappa shape index (κ3) is 9.75. The zero-order valence-corrected chi connectivity index (χ0v) is 27.4. The molecule has 4 aromatic rings. The van der Waals surface area contributed by atoms with Crippen molar-refractivity contribution in [3.8, 4) is 11.5 Å². The molecule has 1 saturated carbocycles. The van der Waals surface area contributed by atoms with E-state index in [-0.39, 0.29) is 51.4 Å². The summed E-state index contributed by atoms with van der Waals surface area (Å²) >= 11 is 11.8. The van der Waals surface area contributed by atoms with Gasteiger partial charge in [0.05, 0.1) is 28.6 Å². The second kappa shape index (κ2) is 16.5. The number of amides is 3. The Balaban J connectivity index is 1.27. The lowest BCUT2D eigenvalue weighted by Crippen LogP contribution is -2.37. The van der Waals surface area contributed by atoms with Gasteiger partial charge in [0.15, 0.2) is 0 Å². The van der Waals surface area contributed by atoms with Gasteiger partial charge in [0.2, 0.25) is 0 Å². The Morgan fingerprint density at radius 3 is 1.98 bits per heavy atom. The second-order valence-corrected chi connectivity index (χ2v) is 11.9. The van der Waals surface area contributed by atoms with Crippen molar-refractivity contribution < 1.29 is 33.4 Å². The molecule has 3 N–H and O–H groups in total. The molecule has 1 aliphatic rings. The van der Waals surface area contributed by atoms with Gasteiger partial charge in [-0.25, -0.2) is 15.0 Å². The number of esters is 2. The van der Waals surface area contributed by atoms with Crippen LogP contribution in [0.5, 0.6) is 11.5 Å². The summed E-state index contributed by atoms with van der Waals surface area (Å²) in [6.45, 7) is 0. The Hall–Kier alpha value is -5.52. The molecular weight excluding hydrogens is 671 g/mol. The molecule has 0 atom stereocenters. The van der Waals surface area contributed by atoms with Gasteiger partial charge in [-0.15, -0.1) is 0 Å². The Labute approximate surface area is 291 Å². The van der Waals surface area contributed by atoms with Crippen molar-refractivity contribution in [2.75, 3.05) is 5.32 Å². The predicted octanol–water partition coefficient (Wildman–Crippen LogP) is 6.58. The van der Waals surface area contributed by atoms with Crippen LogP contribution in [0.15, 0.2) is 96.1 Å². The van der Waals surface area contributed by atoms with Crippen LogP contribution in [0.2, 0.25) is 10.0 Å². The van der Waals surface area contributed by atoms with Crippen LogP contribution in [0, 0.1) is 0 Å². The maximum atomic E-state index is 12.9. The normalized spacial score (nSPS) is 12.9. The average molecular weight is 702 g/mol. The Morgan fingerprint density at radius 1 is 0.714 bits per heavy atom. The molecule has 5 rings (SSSR count). The summed E-state index contributed by atoms with van der Waals surface area (Å²) in [6, 6.07) is 22.7. The highest BCUT2D eigenvalue weighted by Crippen LogP contribution is 2.26. The number of nitrogens with one attached hydrogen (secondary N) is 3. The molecular formula is C36H30Cl2N4O7. The fourth-order valence-electron chi connectivity index (χ4n) is 4.96. The van der Waals surface area contributed by atoms with Crippen LogP contribution in [-0.4, -0.2) is 41.9 Å². The molecule has 4 aromatic carbocycles. The van der Waals surface area contributed by atoms with Crippen molar-refractivity contribution in [2.24, 2.45) is 5.10 Å². The Morgan fingerprint density at radius 2 is 1.33 bits per heavy atom. The Bertz CT molecular complexity index is 1890. The summed E-state index contributed by atoms with van der Waals surface area (Å²) in [5.74, 6) is -3.97. The fourth-order valence-corrected chi connectivity index (χ4v) is 5.21. The first kappa shape index (κ1) is 34.8. The van der Waals surface area contributed by atoms with Crippen LogP contribution in [0.3, 0.4) is 0 Å². The van der Waals surface area contributed by atoms with Crippen molar-refractivity contribution in [2.45, 2.75) is 38.1 Å². The van der Waals surface area contributed by atoms with E-state index < -0.39 is 23.8 Å². The summed E-state index contributed by atoms with van der Waals surface area (Å²) < 4.78 is 11.0. The molecule has 1 fully saturated rings. The molecule has 1 aliphatic carbocycles. The predicted molar refractivity (Wildman–Crippen MR) is 184 cm³/mol. The minimum atomic E-state index is -1.12. The number of carbonyl (C=O) groups is 5. The first-order chi connectivity index (χ1) is 23.7. The zero-order chi connectivity index (χ0) is 34.8. The molecule has 0 unspecified atom stereocenters. The molecule has 0 aliphatic heterocycles. The summed E-state index contributed by atoms with van der Waals surface area (Å²) in [7, 11) is 0. The third-order valence-electron chi connectivity index (χ3n) is 7.49. The zero-order valence-electron chi connectivity index (χ0n) is 25.9. The van der Waals surface area contributed by atoms with Crippen molar-refractivity contribution in [1.29, 1.82) is 0 Å². The molecule has 13 heteroatoms. The maximum Gasteiger partial charge on any atom is 0.343 e. The summed E-state index contributed by atoms with van der Waals surface area (Å²) in [6.07, 6.45) is 6.14. The fraction of sp³-hybridized carbons (Fsp3) is 0.167. The molecule has 0 radical (unpaired) electrons. The largest absolute Gasteiger partial charge is 0.423 e. The molecule has 0 heterocycles. The molecule has 11 nitrogen and oxygen atoms in total. The van der Waals surface area contributed by atoms with Crippen LogP contribution in [0.1, 0.15) is 68.7 Å². The summed E-state index contributed by atoms with van der Waals surface area (Å²) in [4.78, 5) is 63.9. The molecule has 49 heavy (non-hydrogen) atoms. The van der Waals surface area contributed by atoms with E-state index in [1.54, 1.807) is 30.3 Å². The molecule has 0 bridgehead atoms. The van der Waals surface area contributed by atoms with Gasteiger partial charge < -0.3 is 20.1 Å². The minimum Gasteiger partial charge on any atom is -0.423 e. The number of anilines is 1. The van der Waals surface area contributed by atoms with Crippen LogP contribution in [-0.2, 0) is 9.59 Å². The summed E-state index contributed by atoms with van der Waals surface area (Å²) in [5.41, 5.74) is 3.14. The quantitative estimate of drug-likeness (QED) is 0.0586. The lowest BCUT2D eigenvalue weighted by Gasteiger charge is -2.23. The van der Waals surface area contributed by atoms with E-state index >= 15 is 0 Å². The van der Waals surface area contributed by atoms with Gasteiger partial charge in [-0.3, -0.25) is 14.4 Å². The van der Waals surface area contributed by atoms with E-state index in [1.807, 2.05) is 0 Å². The molecule has 0 saturated heterocycles. The number of halogens is 2. The SMILES string of the molecule is O=C(N/N=C\c1ccc(OC(=O)c2ccc(Cl)cc2)cc1OC(=O)c1ccc(Cl)cc1)C(=O)Nc1ccccc1C(=O)NC1CCCCC1. The van der Waals surface area contributed by atoms with Crippen molar-refractivity contribution in [3.05, 3.63) is 123 Å². The minimum absolute atomic E-state index is 0.0469. The number of para-hydroxylation sites is 1. The smallest absolute Gasteiger partial charge is 0.343 e. The van der Waals surface area contributed by atoms with Crippen LogP contribution in [0.4, 0.5) is 5.69 Å². The molecule has 0 aromatic heterocycles. The third-order valence-corrected chi connectivity index (χ3v) is 8.00. The van der Waals surface area contributed by atoms with E-state index in [2.05, 4.69) is 21.2 Å². The van der Waals surface area contributed by atoms with Gasteiger partial charge in [0.25, 0.3) is 5.91 Å². The van der Waals surface area contributed by atoms with Gasteiger partial charge in [0.1, 0.15) is 11.5 Å². The number of ether oxygens (including phenoxy) is 2. The average Bonchev–Trinajstić information content (AvgIpc) is 3.10. The van der Waals surface area contributed by atoms with Gasteiger partial charge in [0, 0.05) is 27.7 Å². The van der Waals surface area contributed by atoms with Crippen molar-refractivity contribution in [1.82, 2.24) is 10.7 Å². The number of rotatable bonds is 9. The number of hydrazone groups is 1. The highest BCUT2D eigenvalue weighted by molar-refractivity contribution is 6.40. The van der Waals surface area contributed by atoms with Gasteiger partial charge >= 0.3 is 23.8 Å². The van der Waals surface area contributed by atoms with Gasteiger partial charge in [-0.05, 0) is 85.6 Å². The number of benzene rings is 4. The van der Waals surface area contributed by atoms with Crippen molar-refractivity contribution in [3.63, 3.8) is 0 Å². The highest BCUT2D eigenvalue weighted by Gasteiger charge is 2.21. The van der Waals surface area contributed by atoms with Gasteiger partial charge in [-0.2, -0.15) is 5.10 Å². The number of hydrogen-bond acceptors (Lipinski definition) is 8. The summed E-state index contributed by atoms with van der Waals surface area (Å²) in [5, 5.41) is 10.2. The lowest BCUT2D eigenvalue weighted by atomic mass is 9.95. The first-order valence-electron chi connectivity index (χ1n) is 15.3. The van der Waals surface area contributed by atoms with Crippen LogP contribution < -0.4 is 25.5 Å². The maximum absolute atomic E-state index is 12.9. The monoisotopic (exact) mass is 700 g/mol. The van der Waals surface area contributed by atoms with E-state index in [1.165, 1.54) is 60.7 Å². The Kier molecular flexibility index (Phi) is 11.7. The van der Waals surface area contributed by atoms with E-state index in [0.717, 1.165) is 38.3 Å². The number of carbonyl (C=O) groups excluding carboxylic acids is 5. The highest BCUT2D eigenvalue weighted by atomic mass is 35.5. The van der Waals surface area contributed by atoms with Crippen LogP contribution in [0.25, 0.3) is 0 Å². The van der Waals surface area contributed by atoms with E-state index in [4.69, 9.17) is 32.7 Å².